The maximum absolute atomic E-state index is 12.3. The molecule has 1 saturated heterocycles. The fourth-order valence-corrected chi connectivity index (χ4v) is 3.03. The highest BCUT2D eigenvalue weighted by Gasteiger charge is 2.26. The third-order valence-electron chi connectivity index (χ3n) is 4.30. The lowest BCUT2D eigenvalue weighted by molar-refractivity contribution is -0.121. The molecule has 2 aliphatic heterocycles. The highest BCUT2D eigenvalue weighted by Crippen LogP contribution is 2.33. The van der Waals surface area contributed by atoms with Gasteiger partial charge in [-0.05, 0) is 31.4 Å². The van der Waals surface area contributed by atoms with E-state index in [1.165, 1.54) is 0 Å². The average molecular weight is 304 g/mol. The molecule has 5 nitrogen and oxygen atoms in total. The molecular weight excluding hydrogens is 280 g/mol. The van der Waals surface area contributed by atoms with Crippen molar-refractivity contribution < 1.29 is 14.3 Å². The average Bonchev–Trinajstić information content (AvgIpc) is 2.55. The Kier molecular flexibility index (Phi) is 4.83. The number of anilines is 1. The van der Waals surface area contributed by atoms with Gasteiger partial charge in [0.25, 0.3) is 0 Å². The molecule has 0 radical (unpaired) electrons. The Labute approximate surface area is 131 Å². The minimum atomic E-state index is 0.0819. The second-order valence-corrected chi connectivity index (χ2v) is 5.95. The van der Waals surface area contributed by atoms with Crippen LogP contribution in [-0.2, 0) is 9.53 Å². The first-order valence-electron chi connectivity index (χ1n) is 8.14. The molecule has 5 heteroatoms. The molecule has 1 aromatic rings. The quantitative estimate of drug-likeness (QED) is 0.924. The van der Waals surface area contributed by atoms with Gasteiger partial charge < -0.3 is 19.7 Å². The van der Waals surface area contributed by atoms with Gasteiger partial charge in [-0.25, -0.2) is 0 Å². The van der Waals surface area contributed by atoms with Crippen LogP contribution in [-0.4, -0.2) is 44.4 Å². The van der Waals surface area contributed by atoms with Crippen LogP contribution < -0.4 is 15.0 Å². The molecule has 1 atom stereocenters. The van der Waals surface area contributed by atoms with E-state index in [-0.39, 0.29) is 18.1 Å². The summed E-state index contributed by atoms with van der Waals surface area (Å²) in [5, 5.41) is 3.13. The van der Waals surface area contributed by atoms with E-state index in [2.05, 4.69) is 17.1 Å². The molecule has 1 unspecified atom stereocenters. The van der Waals surface area contributed by atoms with E-state index in [0.29, 0.717) is 6.54 Å². The Hall–Kier alpha value is -1.75. The van der Waals surface area contributed by atoms with Crippen molar-refractivity contribution in [3.63, 3.8) is 0 Å². The van der Waals surface area contributed by atoms with Gasteiger partial charge in [0.2, 0.25) is 5.91 Å². The SMILES string of the molecule is CCC1CN(CC(=O)NC2CCOCC2)c2ccccc2O1. The number of fused-ring (bicyclic) bond motifs is 1. The molecule has 0 spiro atoms. The zero-order chi connectivity index (χ0) is 15.4. The van der Waals surface area contributed by atoms with Gasteiger partial charge >= 0.3 is 0 Å². The van der Waals surface area contributed by atoms with Crippen LogP contribution in [0.3, 0.4) is 0 Å². The monoisotopic (exact) mass is 304 g/mol. The molecule has 22 heavy (non-hydrogen) atoms. The zero-order valence-electron chi connectivity index (χ0n) is 13.1. The Bertz CT molecular complexity index is 514. The number of para-hydroxylation sites is 2. The summed E-state index contributed by atoms with van der Waals surface area (Å²) in [6, 6.07) is 8.19. The fraction of sp³-hybridized carbons (Fsp3) is 0.588. The second-order valence-electron chi connectivity index (χ2n) is 5.95. The molecule has 2 aliphatic rings. The van der Waals surface area contributed by atoms with Crippen LogP contribution in [0.4, 0.5) is 5.69 Å². The summed E-state index contributed by atoms with van der Waals surface area (Å²) in [5.41, 5.74) is 1.01. The smallest absolute Gasteiger partial charge is 0.239 e. The lowest BCUT2D eigenvalue weighted by Gasteiger charge is -2.36. The van der Waals surface area contributed by atoms with Gasteiger partial charge in [-0.15, -0.1) is 0 Å². The topological polar surface area (TPSA) is 50.8 Å². The number of nitrogens with zero attached hydrogens (tertiary/aromatic N) is 1. The summed E-state index contributed by atoms with van der Waals surface area (Å²) in [6.07, 6.45) is 2.89. The number of benzene rings is 1. The number of carbonyl (C=O) groups is 1. The Balaban J connectivity index is 1.64. The van der Waals surface area contributed by atoms with E-state index < -0.39 is 0 Å². The van der Waals surface area contributed by atoms with Crippen LogP contribution in [0.25, 0.3) is 0 Å². The third kappa shape index (κ3) is 3.53. The van der Waals surface area contributed by atoms with Crippen molar-refractivity contribution in [2.75, 3.05) is 31.2 Å². The lowest BCUT2D eigenvalue weighted by atomic mass is 10.1. The van der Waals surface area contributed by atoms with Crippen molar-refractivity contribution >= 4 is 11.6 Å². The van der Waals surface area contributed by atoms with E-state index in [1.54, 1.807) is 0 Å². The zero-order valence-corrected chi connectivity index (χ0v) is 13.1. The molecule has 0 bridgehead atoms. The van der Waals surface area contributed by atoms with Gasteiger partial charge in [0, 0.05) is 19.3 Å². The molecule has 0 aromatic heterocycles. The van der Waals surface area contributed by atoms with Crippen molar-refractivity contribution in [2.24, 2.45) is 0 Å². The van der Waals surface area contributed by atoms with Gasteiger partial charge in [0.05, 0.1) is 18.8 Å². The van der Waals surface area contributed by atoms with Crippen LogP contribution >= 0.6 is 0 Å². The molecule has 2 heterocycles. The summed E-state index contributed by atoms with van der Waals surface area (Å²) >= 11 is 0. The van der Waals surface area contributed by atoms with Crippen LogP contribution in [0.15, 0.2) is 24.3 Å². The Morgan fingerprint density at radius 2 is 2.09 bits per heavy atom. The second kappa shape index (κ2) is 7.01. The van der Waals surface area contributed by atoms with E-state index in [1.807, 2.05) is 24.3 Å². The van der Waals surface area contributed by atoms with Gasteiger partial charge in [-0.2, -0.15) is 0 Å². The van der Waals surface area contributed by atoms with E-state index in [0.717, 1.165) is 50.5 Å². The molecule has 1 amide bonds. The standard InChI is InChI=1S/C17H24N2O3/c1-2-14-11-19(15-5-3-4-6-16(15)22-14)12-17(20)18-13-7-9-21-10-8-13/h3-6,13-14H,2,7-12H2,1H3,(H,18,20). The number of ether oxygens (including phenoxy) is 2. The van der Waals surface area contributed by atoms with Crippen LogP contribution in [0.2, 0.25) is 0 Å². The Morgan fingerprint density at radius 3 is 2.86 bits per heavy atom. The van der Waals surface area contributed by atoms with Gasteiger partial charge in [-0.1, -0.05) is 19.1 Å². The summed E-state index contributed by atoms with van der Waals surface area (Å²) in [5.74, 6) is 0.956. The minimum Gasteiger partial charge on any atom is -0.486 e. The molecular formula is C17H24N2O3. The van der Waals surface area contributed by atoms with E-state index >= 15 is 0 Å². The maximum atomic E-state index is 12.3. The van der Waals surface area contributed by atoms with Crippen molar-refractivity contribution in [2.45, 2.75) is 38.3 Å². The summed E-state index contributed by atoms with van der Waals surface area (Å²) in [7, 11) is 0. The lowest BCUT2D eigenvalue weighted by Crippen LogP contribution is -2.48. The van der Waals surface area contributed by atoms with Crippen molar-refractivity contribution in [3.8, 4) is 5.75 Å². The van der Waals surface area contributed by atoms with Crippen LogP contribution in [0.5, 0.6) is 5.75 Å². The highest BCUT2D eigenvalue weighted by molar-refractivity contribution is 5.82. The summed E-state index contributed by atoms with van der Waals surface area (Å²) in [4.78, 5) is 14.5. The number of hydrogen-bond donors (Lipinski definition) is 1. The first kappa shape index (κ1) is 15.2. The fourth-order valence-electron chi connectivity index (χ4n) is 3.03. The Morgan fingerprint density at radius 1 is 1.32 bits per heavy atom. The predicted octanol–water partition coefficient (Wildman–Crippen LogP) is 1.96. The number of amides is 1. The number of rotatable bonds is 4. The van der Waals surface area contributed by atoms with Crippen LogP contribution in [0.1, 0.15) is 26.2 Å². The predicted molar refractivity (Wildman–Crippen MR) is 85.3 cm³/mol. The minimum absolute atomic E-state index is 0.0819. The van der Waals surface area contributed by atoms with Crippen LogP contribution in [0, 0.1) is 0 Å². The molecule has 0 saturated carbocycles. The highest BCUT2D eigenvalue weighted by atomic mass is 16.5. The molecule has 0 aliphatic carbocycles. The largest absolute Gasteiger partial charge is 0.486 e. The van der Waals surface area contributed by atoms with E-state index in [9.17, 15) is 4.79 Å². The van der Waals surface area contributed by atoms with Gasteiger partial charge in [0.15, 0.2) is 0 Å². The van der Waals surface area contributed by atoms with Gasteiger partial charge in [0.1, 0.15) is 11.9 Å². The maximum Gasteiger partial charge on any atom is 0.239 e. The molecule has 1 N–H and O–H groups in total. The molecule has 1 fully saturated rings. The van der Waals surface area contributed by atoms with Crippen molar-refractivity contribution in [1.29, 1.82) is 0 Å². The summed E-state index contributed by atoms with van der Waals surface area (Å²) < 4.78 is 11.3. The molecule has 3 rings (SSSR count). The van der Waals surface area contributed by atoms with Crippen molar-refractivity contribution in [3.05, 3.63) is 24.3 Å². The van der Waals surface area contributed by atoms with Crippen molar-refractivity contribution in [1.82, 2.24) is 5.32 Å². The number of carbonyl (C=O) groups excluding carboxylic acids is 1. The number of hydrogen-bond acceptors (Lipinski definition) is 4. The summed E-state index contributed by atoms with van der Waals surface area (Å²) in [6.45, 7) is 4.73. The third-order valence-corrected chi connectivity index (χ3v) is 4.30. The van der Waals surface area contributed by atoms with Gasteiger partial charge in [-0.3, -0.25) is 4.79 Å². The van der Waals surface area contributed by atoms with E-state index in [4.69, 9.17) is 9.47 Å². The first-order valence-corrected chi connectivity index (χ1v) is 8.14. The first-order chi connectivity index (χ1) is 10.8. The molecule has 1 aromatic carbocycles. The number of nitrogens with one attached hydrogen (secondary N) is 1. The normalized spacial score (nSPS) is 21.9. The molecule has 120 valence electrons.